The second-order valence-corrected chi connectivity index (χ2v) is 8.37. The Balaban J connectivity index is 2.77. The molecule has 10 heteroatoms. The summed E-state index contributed by atoms with van der Waals surface area (Å²) in [5.74, 6) is -1.78. The third-order valence-electron chi connectivity index (χ3n) is 4.11. The van der Waals surface area contributed by atoms with Gasteiger partial charge in [0, 0.05) is 13.0 Å². The number of aliphatic hydroxyl groups is 1. The number of nitrogens with one attached hydrogen (secondary N) is 2. The lowest BCUT2D eigenvalue weighted by molar-refractivity contribution is -0.153. The highest BCUT2D eigenvalue weighted by atomic mass is 16.6. The number of carbonyl (C=O) groups is 4. The van der Waals surface area contributed by atoms with E-state index in [-0.39, 0.29) is 13.0 Å². The predicted octanol–water partition coefficient (Wildman–Crippen LogP) is -0.0708. The molecule has 3 amide bonds. The molecule has 0 aliphatic carbocycles. The van der Waals surface area contributed by atoms with Crippen molar-refractivity contribution in [3.8, 4) is 0 Å². The van der Waals surface area contributed by atoms with E-state index in [2.05, 4.69) is 15.4 Å². The fourth-order valence-corrected chi connectivity index (χ4v) is 2.78. The molecule has 0 bridgehead atoms. The van der Waals surface area contributed by atoms with E-state index in [1.54, 1.807) is 20.8 Å². The van der Waals surface area contributed by atoms with Crippen LogP contribution in [0.25, 0.3) is 0 Å². The summed E-state index contributed by atoms with van der Waals surface area (Å²) in [7, 11) is 1.20. The third kappa shape index (κ3) is 6.36. The SMILES string of the molecule is COC(=O)[C@@H]1C[C@@H](O)CN1C(=O)C(C)(C)NC(=O)[C@H](C)NC(=O)OC(C)(C)C. The van der Waals surface area contributed by atoms with Crippen LogP contribution < -0.4 is 10.6 Å². The smallest absolute Gasteiger partial charge is 0.408 e. The summed E-state index contributed by atoms with van der Waals surface area (Å²) in [4.78, 5) is 50.2. The van der Waals surface area contributed by atoms with Gasteiger partial charge in [-0.1, -0.05) is 0 Å². The summed E-state index contributed by atoms with van der Waals surface area (Å²) in [5.41, 5.74) is -2.09. The van der Waals surface area contributed by atoms with Crippen LogP contribution >= 0.6 is 0 Å². The van der Waals surface area contributed by atoms with Crippen LogP contribution in [0, 0.1) is 0 Å². The molecule has 0 aromatic heterocycles. The number of esters is 1. The number of β-amino-alcohol motifs (C(OH)–C–C–N with tert-alkyl or cyclic N) is 1. The number of ether oxygens (including phenoxy) is 2. The molecule has 0 aromatic carbocycles. The van der Waals surface area contributed by atoms with Gasteiger partial charge >= 0.3 is 12.1 Å². The number of hydrogen-bond donors (Lipinski definition) is 3. The molecule has 0 spiro atoms. The molecule has 28 heavy (non-hydrogen) atoms. The monoisotopic (exact) mass is 401 g/mol. The Labute approximate surface area is 164 Å². The summed E-state index contributed by atoms with van der Waals surface area (Å²) < 4.78 is 9.78. The lowest BCUT2D eigenvalue weighted by atomic mass is 10.0. The Morgan fingerprint density at radius 1 is 1.14 bits per heavy atom. The highest BCUT2D eigenvalue weighted by molar-refractivity contribution is 5.95. The summed E-state index contributed by atoms with van der Waals surface area (Å²) in [6.07, 6.45) is -1.54. The molecule has 160 valence electrons. The number of aliphatic hydroxyl groups excluding tert-OH is 1. The first-order valence-corrected chi connectivity index (χ1v) is 9.06. The fourth-order valence-electron chi connectivity index (χ4n) is 2.78. The molecular formula is C18H31N3O7. The molecule has 1 heterocycles. The first kappa shape index (κ1) is 23.7. The zero-order chi connectivity index (χ0) is 21.9. The number of nitrogens with zero attached hydrogens (tertiary/aromatic N) is 1. The molecule has 1 aliphatic heterocycles. The number of carbonyl (C=O) groups excluding carboxylic acids is 4. The average Bonchev–Trinajstić information content (AvgIpc) is 2.92. The van der Waals surface area contributed by atoms with Gasteiger partial charge in [0.25, 0.3) is 0 Å². The molecule has 0 radical (unpaired) electrons. The van der Waals surface area contributed by atoms with E-state index in [1.165, 1.54) is 32.8 Å². The van der Waals surface area contributed by atoms with Crippen LogP contribution in [0.3, 0.4) is 0 Å². The van der Waals surface area contributed by atoms with Gasteiger partial charge in [0.1, 0.15) is 23.2 Å². The first-order chi connectivity index (χ1) is 12.7. The number of alkyl carbamates (subject to hydrolysis) is 1. The van der Waals surface area contributed by atoms with Crippen molar-refractivity contribution < 1.29 is 33.8 Å². The van der Waals surface area contributed by atoms with Crippen LogP contribution in [0.1, 0.15) is 48.0 Å². The largest absolute Gasteiger partial charge is 0.467 e. The summed E-state index contributed by atoms with van der Waals surface area (Å²) in [5, 5.41) is 14.8. The van der Waals surface area contributed by atoms with Crippen molar-refractivity contribution in [2.24, 2.45) is 0 Å². The van der Waals surface area contributed by atoms with Crippen molar-refractivity contribution in [3.05, 3.63) is 0 Å². The van der Waals surface area contributed by atoms with Crippen molar-refractivity contribution in [2.75, 3.05) is 13.7 Å². The lowest BCUT2D eigenvalue weighted by Crippen LogP contribution is -2.60. The van der Waals surface area contributed by atoms with Crippen molar-refractivity contribution >= 4 is 23.9 Å². The first-order valence-electron chi connectivity index (χ1n) is 9.06. The maximum absolute atomic E-state index is 12.9. The maximum atomic E-state index is 12.9. The molecule has 0 aromatic rings. The van der Waals surface area contributed by atoms with Crippen molar-refractivity contribution in [1.29, 1.82) is 0 Å². The van der Waals surface area contributed by atoms with Crippen LogP contribution in [0.4, 0.5) is 4.79 Å². The maximum Gasteiger partial charge on any atom is 0.408 e. The van der Waals surface area contributed by atoms with Crippen LogP contribution in [0.5, 0.6) is 0 Å². The minimum atomic E-state index is -1.38. The van der Waals surface area contributed by atoms with Gasteiger partial charge in [0.15, 0.2) is 0 Å². The number of likely N-dealkylation sites (tertiary alicyclic amines) is 1. The Kier molecular flexibility index (Phi) is 7.41. The minimum Gasteiger partial charge on any atom is -0.467 e. The molecule has 3 N–H and O–H groups in total. The predicted molar refractivity (Wildman–Crippen MR) is 99.2 cm³/mol. The number of hydrogen-bond acceptors (Lipinski definition) is 7. The molecule has 0 saturated carbocycles. The molecule has 0 unspecified atom stereocenters. The van der Waals surface area contributed by atoms with Gasteiger partial charge in [-0.25, -0.2) is 9.59 Å². The molecule has 1 rings (SSSR count). The molecular weight excluding hydrogens is 370 g/mol. The van der Waals surface area contributed by atoms with Gasteiger partial charge in [-0.05, 0) is 41.5 Å². The summed E-state index contributed by atoms with van der Waals surface area (Å²) in [6.45, 7) is 9.46. The topological polar surface area (TPSA) is 134 Å². The van der Waals surface area contributed by atoms with Gasteiger partial charge in [0.2, 0.25) is 11.8 Å². The van der Waals surface area contributed by atoms with Crippen molar-refractivity contribution in [1.82, 2.24) is 15.5 Å². The van der Waals surface area contributed by atoms with E-state index in [0.29, 0.717) is 0 Å². The Morgan fingerprint density at radius 2 is 1.71 bits per heavy atom. The van der Waals surface area contributed by atoms with Crippen LogP contribution in [0.2, 0.25) is 0 Å². The summed E-state index contributed by atoms with van der Waals surface area (Å²) in [6, 6.07) is -1.87. The van der Waals surface area contributed by atoms with E-state index in [4.69, 9.17) is 4.74 Å². The number of methoxy groups -OCH3 is 1. The van der Waals surface area contributed by atoms with Gasteiger partial charge in [0.05, 0.1) is 13.2 Å². The Bertz CT molecular complexity index is 627. The van der Waals surface area contributed by atoms with Gasteiger partial charge in [-0.2, -0.15) is 0 Å². The molecule has 3 atom stereocenters. The van der Waals surface area contributed by atoms with E-state index < -0.39 is 53.2 Å². The molecule has 10 nitrogen and oxygen atoms in total. The average molecular weight is 401 g/mol. The molecule has 1 saturated heterocycles. The van der Waals surface area contributed by atoms with Gasteiger partial charge < -0.3 is 30.1 Å². The normalized spacial score (nSPS) is 20.9. The van der Waals surface area contributed by atoms with Crippen LogP contribution in [0.15, 0.2) is 0 Å². The second-order valence-electron chi connectivity index (χ2n) is 8.37. The zero-order valence-corrected chi connectivity index (χ0v) is 17.5. The molecule has 1 aliphatic rings. The van der Waals surface area contributed by atoms with Crippen LogP contribution in [-0.4, -0.2) is 76.9 Å². The van der Waals surface area contributed by atoms with E-state index in [1.807, 2.05) is 0 Å². The van der Waals surface area contributed by atoms with Gasteiger partial charge in [-0.15, -0.1) is 0 Å². The summed E-state index contributed by atoms with van der Waals surface area (Å²) >= 11 is 0. The number of rotatable bonds is 5. The van der Waals surface area contributed by atoms with Crippen LogP contribution in [-0.2, 0) is 23.9 Å². The third-order valence-corrected chi connectivity index (χ3v) is 4.11. The highest BCUT2D eigenvalue weighted by Gasteiger charge is 2.45. The Hall–Kier alpha value is -2.36. The standard InChI is InChI=1S/C18H31N3O7/c1-10(19-16(26)28-17(2,3)4)13(23)20-18(5,6)15(25)21-9-11(22)8-12(21)14(24)27-7/h10-12,22H,8-9H2,1-7H3,(H,19,26)(H,20,23)/t10-,11+,12-/m0/s1. The van der Waals surface area contributed by atoms with Crippen molar-refractivity contribution in [3.63, 3.8) is 0 Å². The number of amides is 3. The van der Waals surface area contributed by atoms with E-state index in [9.17, 15) is 24.3 Å². The minimum absolute atomic E-state index is 0.0381. The fraction of sp³-hybridized carbons (Fsp3) is 0.778. The molecule has 1 fully saturated rings. The van der Waals surface area contributed by atoms with Gasteiger partial charge in [-0.3, -0.25) is 9.59 Å². The van der Waals surface area contributed by atoms with E-state index in [0.717, 1.165) is 0 Å². The van der Waals surface area contributed by atoms with E-state index >= 15 is 0 Å². The lowest BCUT2D eigenvalue weighted by Gasteiger charge is -2.33. The highest BCUT2D eigenvalue weighted by Crippen LogP contribution is 2.23. The Morgan fingerprint density at radius 3 is 2.21 bits per heavy atom. The van der Waals surface area contributed by atoms with Crippen molar-refractivity contribution in [2.45, 2.75) is 77.3 Å². The quantitative estimate of drug-likeness (QED) is 0.549. The second kappa shape index (κ2) is 8.76. The zero-order valence-electron chi connectivity index (χ0n) is 17.5.